The minimum atomic E-state index is -0.250. The van der Waals surface area contributed by atoms with Gasteiger partial charge in [-0.05, 0) is 31.0 Å². The molecule has 0 aromatic heterocycles. The first-order valence-corrected chi connectivity index (χ1v) is 8.91. The Morgan fingerprint density at radius 3 is 2.54 bits per heavy atom. The molecule has 134 valence electrons. The molecule has 3 unspecified atom stereocenters. The molecule has 1 fully saturated rings. The highest BCUT2D eigenvalue weighted by Gasteiger charge is 2.38. The molecule has 0 spiro atoms. The number of ether oxygens (including phenoxy) is 1. The fraction of sp³-hybridized carbons (Fsp3) is 0.611. The van der Waals surface area contributed by atoms with Crippen molar-refractivity contribution in [1.82, 2.24) is 16.3 Å². The van der Waals surface area contributed by atoms with E-state index in [-0.39, 0.29) is 23.9 Å². The normalized spacial score (nSPS) is 23.2. The third kappa shape index (κ3) is 4.93. The Morgan fingerprint density at radius 2 is 1.88 bits per heavy atom. The summed E-state index contributed by atoms with van der Waals surface area (Å²) in [4.78, 5) is 12.0. The molecule has 0 saturated carbocycles. The molecule has 0 aliphatic carbocycles. The number of hydrogen-bond acceptors (Lipinski definition) is 5. The minimum absolute atomic E-state index is 0.0117. The summed E-state index contributed by atoms with van der Waals surface area (Å²) in [5.41, 5.74) is 9.57. The molecule has 1 aromatic rings. The smallest absolute Gasteiger partial charge is 0.240 e. The molecule has 6 nitrogen and oxygen atoms in total. The lowest BCUT2D eigenvalue weighted by atomic mass is 9.89. The lowest BCUT2D eigenvalue weighted by Gasteiger charge is -2.19. The summed E-state index contributed by atoms with van der Waals surface area (Å²) >= 11 is 0. The van der Waals surface area contributed by atoms with Gasteiger partial charge in [0.1, 0.15) is 5.75 Å². The third-order valence-electron chi connectivity index (χ3n) is 4.57. The Morgan fingerprint density at radius 1 is 1.17 bits per heavy atom. The van der Waals surface area contributed by atoms with E-state index in [1.807, 2.05) is 31.2 Å². The van der Waals surface area contributed by atoms with Gasteiger partial charge in [-0.15, -0.1) is 0 Å². The maximum atomic E-state index is 12.0. The summed E-state index contributed by atoms with van der Waals surface area (Å²) < 4.78 is 5.79. The third-order valence-corrected chi connectivity index (χ3v) is 4.57. The van der Waals surface area contributed by atoms with E-state index >= 15 is 0 Å². The number of rotatable bonds is 9. The van der Waals surface area contributed by atoms with E-state index in [9.17, 15) is 4.79 Å². The van der Waals surface area contributed by atoms with Gasteiger partial charge in [0.05, 0.1) is 18.6 Å². The second-order valence-electron chi connectivity index (χ2n) is 6.42. The first kappa shape index (κ1) is 18.7. The highest BCUT2D eigenvalue weighted by atomic mass is 16.5. The fourth-order valence-corrected chi connectivity index (χ4v) is 3.12. The van der Waals surface area contributed by atoms with E-state index in [1.54, 1.807) is 0 Å². The quantitative estimate of drug-likeness (QED) is 0.241. The molecule has 0 bridgehead atoms. The zero-order valence-corrected chi connectivity index (χ0v) is 14.7. The van der Waals surface area contributed by atoms with Crippen molar-refractivity contribution in [3.63, 3.8) is 0 Å². The van der Waals surface area contributed by atoms with Crippen molar-refractivity contribution in [1.29, 1.82) is 0 Å². The number of hydrogen-bond donors (Lipinski definition) is 4. The van der Waals surface area contributed by atoms with Gasteiger partial charge in [-0.2, -0.15) is 0 Å². The van der Waals surface area contributed by atoms with Crippen molar-refractivity contribution < 1.29 is 9.53 Å². The van der Waals surface area contributed by atoms with Gasteiger partial charge < -0.3 is 4.74 Å². The van der Waals surface area contributed by atoms with Crippen LogP contribution >= 0.6 is 0 Å². The maximum Gasteiger partial charge on any atom is 0.240 e. The second-order valence-corrected chi connectivity index (χ2v) is 6.42. The second kappa shape index (κ2) is 9.61. The van der Waals surface area contributed by atoms with Crippen molar-refractivity contribution in [3.8, 4) is 5.75 Å². The standard InChI is InChI=1S/C18H30N4O2/c1-3-4-5-6-7-12-24-15-10-8-14(9-11-15)17-16(18(23)20-19)13(2)21-22-17/h8-11,13,16-17,21-22H,3-7,12,19H2,1-2H3,(H,20,23). The predicted molar refractivity (Wildman–Crippen MR) is 95.0 cm³/mol. The van der Waals surface area contributed by atoms with E-state index in [4.69, 9.17) is 10.6 Å². The van der Waals surface area contributed by atoms with Crippen LogP contribution in [-0.4, -0.2) is 18.6 Å². The molecule has 1 aliphatic heterocycles. The van der Waals surface area contributed by atoms with Gasteiger partial charge in [0.15, 0.2) is 0 Å². The Hall–Kier alpha value is -1.63. The van der Waals surface area contributed by atoms with E-state index < -0.39 is 0 Å². The molecule has 6 heteroatoms. The van der Waals surface area contributed by atoms with Crippen LogP contribution < -0.4 is 26.9 Å². The first-order chi connectivity index (χ1) is 11.7. The largest absolute Gasteiger partial charge is 0.494 e. The number of carbonyl (C=O) groups is 1. The van der Waals surface area contributed by atoms with Gasteiger partial charge in [0.2, 0.25) is 5.91 Å². The molecule has 1 saturated heterocycles. The minimum Gasteiger partial charge on any atom is -0.494 e. The SMILES string of the molecule is CCCCCCCOc1ccc(C2NNC(C)C2C(=O)NN)cc1. The molecule has 1 aromatic carbocycles. The molecular formula is C18H30N4O2. The molecular weight excluding hydrogens is 304 g/mol. The van der Waals surface area contributed by atoms with Crippen molar-refractivity contribution in [2.75, 3.05) is 6.61 Å². The van der Waals surface area contributed by atoms with Gasteiger partial charge in [-0.1, -0.05) is 44.7 Å². The van der Waals surface area contributed by atoms with Crippen molar-refractivity contribution in [3.05, 3.63) is 29.8 Å². The number of nitrogens with two attached hydrogens (primary N) is 1. The van der Waals surface area contributed by atoms with Crippen LogP contribution in [0.4, 0.5) is 0 Å². The van der Waals surface area contributed by atoms with E-state index in [1.165, 1.54) is 25.7 Å². The van der Waals surface area contributed by atoms with E-state index in [0.717, 1.165) is 24.3 Å². The Bertz CT molecular complexity index is 506. The average Bonchev–Trinajstić information content (AvgIpc) is 2.99. The maximum absolute atomic E-state index is 12.0. The van der Waals surface area contributed by atoms with Crippen LogP contribution in [0.15, 0.2) is 24.3 Å². The molecule has 5 N–H and O–H groups in total. The van der Waals surface area contributed by atoms with Gasteiger partial charge in [0, 0.05) is 6.04 Å². The van der Waals surface area contributed by atoms with Crippen LogP contribution in [0.5, 0.6) is 5.75 Å². The summed E-state index contributed by atoms with van der Waals surface area (Å²) in [6.07, 6.45) is 6.15. The fourth-order valence-electron chi connectivity index (χ4n) is 3.12. The van der Waals surface area contributed by atoms with E-state index in [0.29, 0.717) is 0 Å². The molecule has 0 radical (unpaired) electrons. The summed E-state index contributed by atoms with van der Waals surface area (Å²) in [6.45, 7) is 4.93. The highest BCUT2D eigenvalue weighted by Crippen LogP contribution is 2.29. The summed E-state index contributed by atoms with van der Waals surface area (Å²) in [5.74, 6) is 5.75. The van der Waals surface area contributed by atoms with Crippen molar-refractivity contribution >= 4 is 5.91 Å². The van der Waals surface area contributed by atoms with Gasteiger partial charge in [-0.25, -0.2) is 11.3 Å². The van der Waals surface area contributed by atoms with Gasteiger partial charge >= 0.3 is 0 Å². The summed E-state index contributed by atoms with van der Waals surface area (Å²) in [7, 11) is 0. The predicted octanol–water partition coefficient (Wildman–Crippen LogP) is 2.18. The number of carbonyl (C=O) groups excluding carboxylic acids is 1. The number of amides is 1. The monoisotopic (exact) mass is 334 g/mol. The highest BCUT2D eigenvalue weighted by molar-refractivity contribution is 5.80. The number of hydrazine groups is 2. The lowest BCUT2D eigenvalue weighted by Crippen LogP contribution is -2.41. The average molecular weight is 334 g/mol. The van der Waals surface area contributed by atoms with Gasteiger partial charge in [-0.3, -0.25) is 15.6 Å². The Kier molecular flexibility index (Phi) is 7.49. The molecule has 24 heavy (non-hydrogen) atoms. The number of benzene rings is 1. The van der Waals surface area contributed by atoms with Crippen LogP contribution in [0, 0.1) is 5.92 Å². The van der Waals surface area contributed by atoms with E-state index in [2.05, 4.69) is 23.2 Å². The molecule has 1 amide bonds. The Labute approximate surface area is 144 Å². The van der Waals surface area contributed by atoms with Crippen LogP contribution in [0.1, 0.15) is 57.6 Å². The summed E-state index contributed by atoms with van der Waals surface area (Å²) in [6, 6.07) is 7.83. The van der Waals surface area contributed by atoms with Crippen LogP contribution in [-0.2, 0) is 4.79 Å². The first-order valence-electron chi connectivity index (χ1n) is 8.91. The zero-order chi connectivity index (χ0) is 17.4. The molecule has 1 aliphatic rings. The summed E-state index contributed by atoms with van der Waals surface area (Å²) in [5, 5.41) is 0. The Balaban J connectivity index is 1.86. The van der Waals surface area contributed by atoms with Crippen LogP contribution in [0.3, 0.4) is 0 Å². The van der Waals surface area contributed by atoms with Crippen LogP contribution in [0.2, 0.25) is 0 Å². The van der Waals surface area contributed by atoms with Crippen LogP contribution in [0.25, 0.3) is 0 Å². The van der Waals surface area contributed by atoms with Gasteiger partial charge in [0.25, 0.3) is 0 Å². The molecule has 1 heterocycles. The number of nitrogens with one attached hydrogen (secondary N) is 3. The topological polar surface area (TPSA) is 88.4 Å². The zero-order valence-electron chi connectivity index (χ0n) is 14.7. The molecule has 2 rings (SSSR count). The van der Waals surface area contributed by atoms with Crippen molar-refractivity contribution in [2.45, 2.75) is 58.0 Å². The lowest BCUT2D eigenvalue weighted by molar-refractivity contribution is -0.125. The number of unbranched alkanes of at least 4 members (excludes halogenated alkanes) is 4. The van der Waals surface area contributed by atoms with Crippen molar-refractivity contribution in [2.24, 2.45) is 11.8 Å². The molecule has 3 atom stereocenters.